The Morgan fingerprint density at radius 2 is 1.61 bits per heavy atom. The monoisotopic (exact) mass is 412 g/mol. The zero-order valence-electron chi connectivity index (χ0n) is 17.1. The first-order valence-corrected chi connectivity index (χ1v) is 10.3. The molecule has 1 heterocycles. The fourth-order valence-electron chi connectivity index (χ4n) is 3.88. The number of fused-ring (bicyclic) bond motifs is 1. The van der Waals surface area contributed by atoms with Gasteiger partial charge in [-0.3, -0.25) is 9.59 Å². The van der Waals surface area contributed by atoms with E-state index >= 15 is 0 Å². The summed E-state index contributed by atoms with van der Waals surface area (Å²) < 4.78 is 7.85. The molecule has 1 atom stereocenters. The van der Waals surface area contributed by atoms with E-state index in [0.717, 1.165) is 22.9 Å². The number of nitrogens with two attached hydrogens (primary N) is 1. The second kappa shape index (κ2) is 9.30. The number of aldehydes is 1. The van der Waals surface area contributed by atoms with Crippen LogP contribution in [0, 0.1) is 0 Å². The fourth-order valence-corrected chi connectivity index (χ4v) is 3.88. The molecule has 0 saturated heterocycles. The van der Waals surface area contributed by atoms with E-state index in [0.29, 0.717) is 36.1 Å². The summed E-state index contributed by atoms with van der Waals surface area (Å²) in [6, 6.07) is 24.8. The number of benzene rings is 3. The predicted molar refractivity (Wildman–Crippen MR) is 121 cm³/mol. The molecule has 0 aliphatic heterocycles. The van der Waals surface area contributed by atoms with Crippen molar-refractivity contribution in [3.63, 3.8) is 0 Å². The van der Waals surface area contributed by atoms with Gasteiger partial charge in [-0.1, -0.05) is 66.7 Å². The molecule has 0 saturated carbocycles. The third-order valence-electron chi connectivity index (χ3n) is 5.43. The van der Waals surface area contributed by atoms with Gasteiger partial charge in [-0.15, -0.1) is 0 Å². The summed E-state index contributed by atoms with van der Waals surface area (Å²) in [7, 11) is 0. The van der Waals surface area contributed by atoms with Crippen LogP contribution in [0.3, 0.4) is 0 Å². The molecular formula is C26H24N2O3. The number of primary amides is 1. The minimum atomic E-state index is -0.569. The Kier molecular flexibility index (Phi) is 6.13. The molecule has 0 radical (unpaired) electrons. The fraction of sp³-hybridized carbons (Fsp3) is 0.154. The number of aryl methyl sites for hydroxylation is 1. The second-order valence-corrected chi connectivity index (χ2v) is 7.48. The molecule has 0 spiro atoms. The molecule has 5 heteroatoms. The van der Waals surface area contributed by atoms with Gasteiger partial charge in [0.2, 0.25) is 5.91 Å². The quantitative estimate of drug-likeness (QED) is 0.405. The van der Waals surface area contributed by atoms with E-state index in [1.54, 1.807) is 10.8 Å². The predicted octanol–water partition coefficient (Wildman–Crippen LogP) is 4.69. The summed E-state index contributed by atoms with van der Waals surface area (Å²) in [6.07, 6.45) is 3.74. The topological polar surface area (TPSA) is 74.3 Å². The first kappa shape index (κ1) is 20.4. The van der Waals surface area contributed by atoms with Crippen LogP contribution in [0.15, 0.2) is 85.1 Å². The van der Waals surface area contributed by atoms with Gasteiger partial charge >= 0.3 is 0 Å². The number of hydrogen-bond acceptors (Lipinski definition) is 3. The lowest BCUT2D eigenvalue weighted by Gasteiger charge is -2.17. The third-order valence-corrected chi connectivity index (χ3v) is 5.43. The van der Waals surface area contributed by atoms with Gasteiger partial charge in [0.1, 0.15) is 18.4 Å². The summed E-state index contributed by atoms with van der Waals surface area (Å²) in [5.41, 5.74) is 9.16. The molecule has 0 aliphatic rings. The number of hydrogen-bond donors (Lipinski definition) is 1. The lowest BCUT2D eigenvalue weighted by molar-refractivity contribution is -0.121. The molecule has 4 aromatic rings. The van der Waals surface area contributed by atoms with E-state index in [2.05, 4.69) is 0 Å². The maximum atomic E-state index is 12.3. The Labute approximate surface area is 181 Å². The molecule has 5 nitrogen and oxygen atoms in total. The molecule has 3 aromatic carbocycles. The SMILES string of the molecule is NC(=O)C(CCc1ccccc1)n1cc(C=O)c2c(OCc3ccccc3)cccc21. The molecule has 156 valence electrons. The summed E-state index contributed by atoms with van der Waals surface area (Å²) >= 11 is 0. The van der Waals surface area contributed by atoms with Crippen LogP contribution in [0.5, 0.6) is 5.75 Å². The highest BCUT2D eigenvalue weighted by atomic mass is 16.5. The molecule has 0 bridgehead atoms. The van der Waals surface area contributed by atoms with E-state index in [1.807, 2.05) is 78.9 Å². The number of nitrogens with zero attached hydrogens (tertiary/aromatic N) is 1. The van der Waals surface area contributed by atoms with E-state index in [-0.39, 0.29) is 0 Å². The summed E-state index contributed by atoms with van der Waals surface area (Å²) in [6.45, 7) is 0.386. The molecule has 31 heavy (non-hydrogen) atoms. The minimum Gasteiger partial charge on any atom is -0.488 e. The van der Waals surface area contributed by atoms with Gasteiger partial charge in [-0.05, 0) is 36.1 Å². The van der Waals surface area contributed by atoms with E-state index < -0.39 is 11.9 Å². The van der Waals surface area contributed by atoms with Crippen molar-refractivity contribution in [1.82, 2.24) is 4.57 Å². The van der Waals surface area contributed by atoms with Crippen molar-refractivity contribution in [1.29, 1.82) is 0 Å². The van der Waals surface area contributed by atoms with Crippen LogP contribution in [-0.4, -0.2) is 16.8 Å². The Hall–Kier alpha value is -3.86. The number of ether oxygens (including phenoxy) is 1. The van der Waals surface area contributed by atoms with Crippen LogP contribution in [0.2, 0.25) is 0 Å². The van der Waals surface area contributed by atoms with Crippen molar-refractivity contribution in [2.24, 2.45) is 5.73 Å². The van der Waals surface area contributed by atoms with Crippen LogP contribution in [0.1, 0.15) is 33.9 Å². The molecule has 1 unspecified atom stereocenters. The van der Waals surface area contributed by atoms with Crippen LogP contribution in [0.4, 0.5) is 0 Å². The van der Waals surface area contributed by atoms with Gasteiger partial charge in [0, 0.05) is 11.8 Å². The average molecular weight is 412 g/mol. The molecule has 1 aromatic heterocycles. The Bertz CT molecular complexity index is 1180. The van der Waals surface area contributed by atoms with Crippen molar-refractivity contribution >= 4 is 23.1 Å². The highest BCUT2D eigenvalue weighted by Gasteiger charge is 2.22. The van der Waals surface area contributed by atoms with Crippen molar-refractivity contribution in [3.8, 4) is 5.75 Å². The maximum absolute atomic E-state index is 12.3. The van der Waals surface area contributed by atoms with E-state index in [1.165, 1.54) is 0 Å². The van der Waals surface area contributed by atoms with E-state index in [4.69, 9.17) is 10.5 Å². The number of carbonyl (C=O) groups is 2. The van der Waals surface area contributed by atoms with Crippen LogP contribution in [-0.2, 0) is 17.8 Å². The lowest BCUT2D eigenvalue weighted by atomic mass is 10.0. The molecular weight excluding hydrogens is 388 g/mol. The standard InChI is InChI=1S/C26H24N2O3/c27-26(30)23(15-14-19-8-3-1-4-9-19)28-16-21(17-29)25-22(28)12-7-13-24(25)31-18-20-10-5-2-6-11-20/h1-13,16-17,23H,14-15,18H2,(H2,27,30). The van der Waals surface area contributed by atoms with Crippen molar-refractivity contribution in [2.75, 3.05) is 0 Å². The smallest absolute Gasteiger partial charge is 0.240 e. The largest absolute Gasteiger partial charge is 0.488 e. The molecule has 0 aliphatic carbocycles. The average Bonchev–Trinajstić information content (AvgIpc) is 3.18. The van der Waals surface area contributed by atoms with Gasteiger partial charge in [0.15, 0.2) is 6.29 Å². The maximum Gasteiger partial charge on any atom is 0.240 e. The molecule has 2 N–H and O–H groups in total. The summed E-state index contributed by atoms with van der Waals surface area (Å²) in [4.78, 5) is 24.2. The van der Waals surface area contributed by atoms with Crippen molar-refractivity contribution < 1.29 is 14.3 Å². The molecule has 0 fully saturated rings. The minimum absolute atomic E-state index is 0.386. The molecule has 4 rings (SSSR count). The first-order chi connectivity index (χ1) is 15.2. The number of carbonyl (C=O) groups excluding carboxylic acids is 2. The lowest BCUT2D eigenvalue weighted by Crippen LogP contribution is -2.26. The summed E-state index contributed by atoms with van der Waals surface area (Å²) in [5, 5.41) is 0.694. The highest BCUT2D eigenvalue weighted by Crippen LogP contribution is 2.33. The van der Waals surface area contributed by atoms with Crippen molar-refractivity contribution in [2.45, 2.75) is 25.5 Å². The van der Waals surface area contributed by atoms with Gasteiger partial charge in [0.05, 0.1) is 10.9 Å². The van der Waals surface area contributed by atoms with Gasteiger partial charge < -0.3 is 15.0 Å². The third kappa shape index (κ3) is 4.51. The Morgan fingerprint density at radius 3 is 2.26 bits per heavy atom. The zero-order valence-corrected chi connectivity index (χ0v) is 17.1. The van der Waals surface area contributed by atoms with E-state index in [9.17, 15) is 9.59 Å². The number of amides is 1. The normalized spacial score (nSPS) is 11.9. The van der Waals surface area contributed by atoms with Crippen LogP contribution >= 0.6 is 0 Å². The second-order valence-electron chi connectivity index (χ2n) is 7.48. The summed E-state index contributed by atoms with van der Waals surface area (Å²) in [5.74, 6) is 0.175. The number of aromatic nitrogens is 1. The Morgan fingerprint density at radius 1 is 0.935 bits per heavy atom. The van der Waals surface area contributed by atoms with Gasteiger partial charge in [-0.25, -0.2) is 0 Å². The Balaban J connectivity index is 1.67. The van der Waals surface area contributed by atoms with Crippen LogP contribution in [0.25, 0.3) is 10.9 Å². The number of rotatable bonds is 9. The van der Waals surface area contributed by atoms with Crippen molar-refractivity contribution in [3.05, 3.63) is 102 Å². The first-order valence-electron chi connectivity index (χ1n) is 10.3. The van der Waals surface area contributed by atoms with Crippen LogP contribution < -0.4 is 10.5 Å². The zero-order chi connectivity index (χ0) is 21.6. The highest BCUT2D eigenvalue weighted by molar-refractivity contribution is 6.02. The van der Waals surface area contributed by atoms with Gasteiger partial charge in [-0.2, -0.15) is 0 Å². The molecule has 1 amide bonds. The van der Waals surface area contributed by atoms with Gasteiger partial charge in [0.25, 0.3) is 0 Å².